The SMILES string of the molecule is CNC(=O)N(NC(=O)N(C)C(C)=O)C(C)=O. The average Bonchev–Trinajstić information content (AvgIpc) is 2.22. The predicted molar refractivity (Wildman–Crippen MR) is 54.0 cm³/mol. The molecule has 0 saturated heterocycles. The van der Waals surface area contributed by atoms with Crippen LogP contribution in [-0.2, 0) is 9.59 Å². The van der Waals surface area contributed by atoms with Crippen molar-refractivity contribution in [2.24, 2.45) is 0 Å². The summed E-state index contributed by atoms with van der Waals surface area (Å²) in [4.78, 5) is 45.1. The first-order valence-corrected chi connectivity index (χ1v) is 4.38. The molecule has 0 aliphatic rings. The van der Waals surface area contributed by atoms with Crippen LogP contribution in [0.25, 0.3) is 0 Å². The van der Waals surface area contributed by atoms with Crippen LogP contribution < -0.4 is 10.7 Å². The zero-order chi connectivity index (χ0) is 12.9. The second-order valence-electron chi connectivity index (χ2n) is 2.90. The van der Waals surface area contributed by atoms with Gasteiger partial charge in [-0.25, -0.2) is 15.0 Å². The normalized spacial score (nSPS) is 9.00. The standard InChI is InChI=1S/C8H14N4O4/c1-5(13)11(4)8(16)10-12(6(2)14)7(15)9-3/h1-4H3,(H,9,15)(H,10,16). The fraction of sp³-hybridized carbons (Fsp3) is 0.500. The third kappa shape index (κ3) is 3.56. The fourth-order valence-corrected chi connectivity index (χ4v) is 0.698. The first kappa shape index (κ1) is 13.9. The van der Waals surface area contributed by atoms with Crippen LogP contribution in [0.15, 0.2) is 0 Å². The zero-order valence-electron chi connectivity index (χ0n) is 9.53. The Morgan fingerprint density at radius 1 is 0.938 bits per heavy atom. The number of carbonyl (C=O) groups is 4. The lowest BCUT2D eigenvalue weighted by atomic mass is 10.6. The van der Waals surface area contributed by atoms with Crippen LogP contribution in [0, 0.1) is 0 Å². The van der Waals surface area contributed by atoms with E-state index in [0.29, 0.717) is 5.01 Å². The van der Waals surface area contributed by atoms with Crippen LogP contribution in [0.5, 0.6) is 0 Å². The zero-order valence-corrected chi connectivity index (χ0v) is 9.53. The molecule has 6 amide bonds. The predicted octanol–water partition coefficient (Wildman–Crippen LogP) is -0.723. The van der Waals surface area contributed by atoms with Gasteiger partial charge in [0, 0.05) is 27.9 Å². The number of nitrogens with one attached hydrogen (secondary N) is 2. The largest absolute Gasteiger partial charge is 0.343 e. The van der Waals surface area contributed by atoms with Crippen LogP contribution >= 0.6 is 0 Å². The Bertz CT molecular complexity index is 328. The second-order valence-corrected chi connectivity index (χ2v) is 2.90. The van der Waals surface area contributed by atoms with Crippen molar-refractivity contribution in [3.05, 3.63) is 0 Å². The third-order valence-corrected chi connectivity index (χ3v) is 1.72. The Morgan fingerprint density at radius 3 is 1.75 bits per heavy atom. The van der Waals surface area contributed by atoms with Crippen LogP contribution in [0.3, 0.4) is 0 Å². The van der Waals surface area contributed by atoms with Crippen molar-refractivity contribution >= 4 is 23.9 Å². The molecule has 0 fully saturated rings. The Morgan fingerprint density at radius 2 is 1.44 bits per heavy atom. The summed E-state index contributed by atoms with van der Waals surface area (Å²) >= 11 is 0. The summed E-state index contributed by atoms with van der Waals surface area (Å²) in [7, 11) is 2.53. The molecule has 0 saturated carbocycles. The van der Waals surface area contributed by atoms with Gasteiger partial charge >= 0.3 is 12.1 Å². The Balaban J connectivity index is 4.65. The molecule has 0 heterocycles. The van der Waals surface area contributed by atoms with Crippen LogP contribution in [0.4, 0.5) is 9.59 Å². The molecule has 0 atom stereocenters. The summed E-state index contributed by atoms with van der Waals surface area (Å²) in [6.45, 7) is 2.28. The van der Waals surface area contributed by atoms with E-state index < -0.39 is 23.9 Å². The number of nitrogens with zero attached hydrogens (tertiary/aromatic N) is 2. The van der Waals surface area contributed by atoms with Gasteiger partial charge in [-0.05, 0) is 0 Å². The first-order chi connectivity index (χ1) is 7.31. The van der Waals surface area contributed by atoms with Crippen molar-refractivity contribution in [3.8, 4) is 0 Å². The molecule has 16 heavy (non-hydrogen) atoms. The molecule has 0 aromatic rings. The highest BCUT2D eigenvalue weighted by Crippen LogP contribution is 1.90. The monoisotopic (exact) mass is 230 g/mol. The number of hydrogen-bond acceptors (Lipinski definition) is 4. The fourth-order valence-electron chi connectivity index (χ4n) is 0.698. The van der Waals surface area contributed by atoms with Gasteiger partial charge in [0.15, 0.2) is 0 Å². The van der Waals surface area contributed by atoms with E-state index in [1.165, 1.54) is 21.0 Å². The number of rotatable bonds is 0. The molecule has 0 aliphatic carbocycles. The van der Waals surface area contributed by atoms with Gasteiger partial charge in [-0.1, -0.05) is 0 Å². The van der Waals surface area contributed by atoms with Crippen molar-refractivity contribution < 1.29 is 19.2 Å². The number of urea groups is 2. The van der Waals surface area contributed by atoms with Gasteiger partial charge < -0.3 is 5.32 Å². The molecule has 2 N–H and O–H groups in total. The number of imide groups is 2. The maximum Gasteiger partial charge on any atom is 0.343 e. The molecular formula is C8H14N4O4. The molecule has 0 rings (SSSR count). The van der Waals surface area contributed by atoms with Crippen molar-refractivity contribution in [1.29, 1.82) is 0 Å². The van der Waals surface area contributed by atoms with E-state index in [2.05, 4.69) is 5.32 Å². The molecular weight excluding hydrogens is 216 g/mol. The minimum atomic E-state index is -0.869. The summed E-state index contributed by atoms with van der Waals surface area (Å²) < 4.78 is 0. The number of hydrogen-bond donors (Lipinski definition) is 2. The summed E-state index contributed by atoms with van der Waals surface area (Å²) in [5, 5.41) is 2.64. The quantitative estimate of drug-likeness (QED) is 0.536. The molecule has 8 nitrogen and oxygen atoms in total. The summed E-state index contributed by atoms with van der Waals surface area (Å²) in [5.41, 5.74) is 1.99. The van der Waals surface area contributed by atoms with Crippen molar-refractivity contribution in [3.63, 3.8) is 0 Å². The van der Waals surface area contributed by atoms with Gasteiger partial charge in [0.05, 0.1) is 0 Å². The smallest absolute Gasteiger partial charge is 0.339 e. The molecule has 0 bridgehead atoms. The molecule has 8 heteroatoms. The van der Waals surface area contributed by atoms with Gasteiger partial charge in [-0.15, -0.1) is 0 Å². The second kappa shape index (κ2) is 5.69. The molecule has 0 unspecified atom stereocenters. The first-order valence-electron chi connectivity index (χ1n) is 4.38. The molecule has 0 aliphatic heterocycles. The van der Waals surface area contributed by atoms with Crippen molar-refractivity contribution in [1.82, 2.24) is 20.7 Å². The maximum absolute atomic E-state index is 11.3. The highest BCUT2D eigenvalue weighted by atomic mass is 16.2. The van der Waals surface area contributed by atoms with Gasteiger partial charge in [-0.2, -0.15) is 5.01 Å². The molecule has 0 aromatic heterocycles. The van der Waals surface area contributed by atoms with Crippen LogP contribution in [0.2, 0.25) is 0 Å². The van der Waals surface area contributed by atoms with Crippen molar-refractivity contribution in [2.75, 3.05) is 14.1 Å². The molecule has 0 spiro atoms. The van der Waals surface area contributed by atoms with Gasteiger partial charge in [-0.3, -0.25) is 14.5 Å². The van der Waals surface area contributed by atoms with Gasteiger partial charge in [0.25, 0.3) is 0 Å². The average molecular weight is 230 g/mol. The Labute approximate surface area is 92.5 Å². The molecule has 0 aromatic carbocycles. The number of amides is 6. The van der Waals surface area contributed by atoms with E-state index in [9.17, 15) is 19.2 Å². The van der Waals surface area contributed by atoms with E-state index in [-0.39, 0.29) is 0 Å². The van der Waals surface area contributed by atoms with E-state index >= 15 is 0 Å². The van der Waals surface area contributed by atoms with Gasteiger partial charge in [0.1, 0.15) is 0 Å². The maximum atomic E-state index is 11.3. The highest BCUT2D eigenvalue weighted by Gasteiger charge is 2.22. The minimum absolute atomic E-state index is 0.474. The molecule has 0 radical (unpaired) electrons. The van der Waals surface area contributed by atoms with E-state index in [0.717, 1.165) is 11.8 Å². The Hall–Kier alpha value is -2.12. The van der Waals surface area contributed by atoms with E-state index in [4.69, 9.17) is 0 Å². The molecule has 90 valence electrons. The van der Waals surface area contributed by atoms with E-state index in [1.807, 2.05) is 5.43 Å². The summed E-state index contributed by atoms with van der Waals surface area (Å²) in [6, 6.07) is -1.66. The lowest BCUT2D eigenvalue weighted by molar-refractivity contribution is -0.129. The van der Waals surface area contributed by atoms with Crippen LogP contribution in [0.1, 0.15) is 13.8 Å². The minimum Gasteiger partial charge on any atom is -0.339 e. The summed E-state index contributed by atoms with van der Waals surface area (Å²) in [6.07, 6.45) is 0. The van der Waals surface area contributed by atoms with Gasteiger partial charge in [0.2, 0.25) is 11.8 Å². The number of hydrazine groups is 1. The topological polar surface area (TPSA) is 98.8 Å². The summed E-state index contributed by atoms with van der Waals surface area (Å²) in [5.74, 6) is -1.19. The Kier molecular flexibility index (Phi) is 4.93. The lowest BCUT2D eigenvalue weighted by Gasteiger charge is -2.22. The lowest BCUT2D eigenvalue weighted by Crippen LogP contribution is -2.55. The third-order valence-electron chi connectivity index (χ3n) is 1.72. The highest BCUT2D eigenvalue weighted by molar-refractivity contribution is 5.98. The van der Waals surface area contributed by atoms with E-state index in [1.54, 1.807) is 0 Å². The van der Waals surface area contributed by atoms with Crippen molar-refractivity contribution in [2.45, 2.75) is 13.8 Å². The number of carbonyl (C=O) groups excluding carboxylic acids is 4. The van der Waals surface area contributed by atoms with Crippen LogP contribution in [-0.4, -0.2) is 47.9 Å².